The first-order valence-corrected chi connectivity index (χ1v) is 5.86. The fourth-order valence-corrected chi connectivity index (χ4v) is 1.76. The van der Waals surface area contributed by atoms with Gasteiger partial charge in [0.2, 0.25) is 11.9 Å². The minimum absolute atomic E-state index is 0.0126. The van der Waals surface area contributed by atoms with E-state index in [0.29, 0.717) is 11.1 Å². The van der Waals surface area contributed by atoms with E-state index in [1.165, 1.54) is 6.07 Å². The number of rotatable bonds is 3. The molecule has 6 heteroatoms. The van der Waals surface area contributed by atoms with Crippen LogP contribution in [0.3, 0.4) is 0 Å². The Morgan fingerprint density at radius 1 is 1.30 bits per heavy atom. The van der Waals surface area contributed by atoms with Crippen LogP contribution in [0.5, 0.6) is 5.75 Å². The number of phenolic OH excluding ortho intramolecular Hbond substituents is 1. The highest BCUT2D eigenvalue weighted by Crippen LogP contribution is 2.19. The molecule has 4 nitrogen and oxygen atoms in total. The molecule has 0 saturated carbocycles. The Bertz CT molecular complexity index is 639. The fraction of sp³-hybridized carbons (Fsp3) is 0.143. The van der Waals surface area contributed by atoms with Crippen LogP contribution in [0.15, 0.2) is 30.3 Å². The van der Waals surface area contributed by atoms with Gasteiger partial charge in [-0.1, -0.05) is 6.07 Å². The molecule has 20 heavy (non-hydrogen) atoms. The summed E-state index contributed by atoms with van der Waals surface area (Å²) in [5.41, 5.74) is 1.01. The van der Waals surface area contributed by atoms with Crippen molar-refractivity contribution in [2.24, 2.45) is 0 Å². The number of nitrogens with zero attached hydrogens (tertiary/aromatic N) is 1. The lowest BCUT2D eigenvalue weighted by Gasteiger charge is -2.09. The molecule has 1 aromatic heterocycles. The molecule has 0 aliphatic heterocycles. The maximum Gasteiger partial charge on any atom is 0.251 e. The lowest BCUT2D eigenvalue weighted by Crippen LogP contribution is -2.23. The Labute approximate surface area is 114 Å². The van der Waals surface area contributed by atoms with E-state index in [1.807, 2.05) is 0 Å². The highest BCUT2D eigenvalue weighted by Gasteiger charge is 2.11. The number of hydrogen-bond donors (Lipinski definition) is 2. The highest BCUT2D eigenvalue weighted by molar-refractivity contribution is 5.96. The Balaban J connectivity index is 2.10. The summed E-state index contributed by atoms with van der Waals surface area (Å²) in [6.07, 6.45) is 0. The number of amides is 1. The summed E-state index contributed by atoms with van der Waals surface area (Å²) < 4.78 is 25.8. The second-order valence-electron chi connectivity index (χ2n) is 4.25. The molecule has 2 N–H and O–H groups in total. The van der Waals surface area contributed by atoms with Gasteiger partial charge in [0.25, 0.3) is 5.91 Å². The van der Waals surface area contributed by atoms with Crippen LogP contribution in [0.4, 0.5) is 8.78 Å². The van der Waals surface area contributed by atoms with Crippen LogP contribution in [-0.4, -0.2) is 16.0 Å². The third-order valence-electron chi connectivity index (χ3n) is 2.83. The van der Waals surface area contributed by atoms with E-state index in [2.05, 4.69) is 10.3 Å². The van der Waals surface area contributed by atoms with Gasteiger partial charge in [-0.2, -0.15) is 13.8 Å². The van der Waals surface area contributed by atoms with Gasteiger partial charge in [-0.05, 0) is 36.8 Å². The molecule has 0 radical (unpaired) electrons. The molecule has 2 aromatic rings. The minimum Gasteiger partial charge on any atom is -0.508 e. The summed E-state index contributed by atoms with van der Waals surface area (Å²) in [5, 5.41) is 12.0. The molecule has 1 aromatic carbocycles. The van der Waals surface area contributed by atoms with Crippen LogP contribution in [0.2, 0.25) is 0 Å². The van der Waals surface area contributed by atoms with Crippen molar-refractivity contribution < 1.29 is 18.7 Å². The summed E-state index contributed by atoms with van der Waals surface area (Å²) >= 11 is 0. The quantitative estimate of drug-likeness (QED) is 0.847. The number of aromatic hydroxyl groups is 1. The van der Waals surface area contributed by atoms with E-state index in [0.717, 1.165) is 12.1 Å². The third kappa shape index (κ3) is 3.09. The summed E-state index contributed by atoms with van der Waals surface area (Å²) in [4.78, 5) is 14.9. The maximum atomic E-state index is 12.9. The molecule has 0 saturated heterocycles. The molecule has 0 spiro atoms. The van der Waals surface area contributed by atoms with E-state index in [9.17, 15) is 18.7 Å². The van der Waals surface area contributed by atoms with Gasteiger partial charge >= 0.3 is 0 Å². The Morgan fingerprint density at radius 3 is 2.60 bits per heavy atom. The maximum absolute atomic E-state index is 12.9. The Morgan fingerprint density at radius 2 is 1.95 bits per heavy atom. The van der Waals surface area contributed by atoms with Crippen molar-refractivity contribution in [1.29, 1.82) is 0 Å². The molecular formula is C14H12F2N2O2. The van der Waals surface area contributed by atoms with Crippen molar-refractivity contribution in [1.82, 2.24) is 10.3 Å². The van der Waals surface area contributed by atoms with Crippen LogP contribution in [0.1, 0.15) is 21.5 Å². The van der Waals surface area contributed by atoms with Gasteiger partial charge in [0, 0.05) is 17.7 Å². The molecular weight excluding hydrogens is 266 g/mol. The van der Waals surface area contributed by atoms with Crippen LogP contribution in [-0.2, 0) is 6.54 Å². The first kappa shape index (κ1) is 13.9. The van der Waals surface area contributed by atoms with Gasteiger partial charge in [0.05, 0.1) is 0 Å². The first-order valence-electron chi connectivity index (χ1n) is 5.86. The highest BCUT2D eigenvalue weighted by atomic mass is 19.1. The van der Waals surface area contributed by atoms with Crippen molar-refractivity contribution in [3.05, 3.63) is 58.9 Å². The van der Waals surface area contributed by atoms with Crippen LogP contribution < -0.4 is 5.32 Å². The number of pyridine rings is 1. The number of benzene rings is 1. The van der Waals surface area contributed by atoms with Crippen LogP contribution >= 0.6 is 0 Å². The van der Waals surface area contributed by atoms with Crippen molar-refractivity contribution in [3.8, 4) is 5.75 Å². The number of nitrogens with one attached hydrogen (secondary N) is 1. The monoisotopic (exact) mass is 278 g/mol. The summed E-state index contributed by atoms with van der Waals surface area (Å²) in [7, 11) is 0. The zero-order chi connectivity index (χ0) is 14.7. The zero-order valence-electron chi connectivity index (χ0n) is 10.7. The SMILES string of the molecule is Cc1c(O)cccc1C(=O)NCc1cc(F)nc(F)c1. The number of aromatic nitrogens is 1. The average Bonchev–Trinajstić information content (AvgIpc) is 2.38. The molecule has 0 aliphatic rings. The van der Waals surface area contributed by atoms with E-state index in [1.54, 1.807) is 19.1 Å². The van der Waals surface area contributed by atoms with E-state index in [-0.39, 0.29) is 17.9 Å². The average molecular weight is 278 g/mol. The van der Waals surface area contributed by atoms with E-state index in [4.69, 9.17) is 0 Å². The lowest BCUT2D eigenvalue weighted by atomic mass is 10.1. The molecule has 1 heterocycles. The van der Waals surface area contributed by atoms with Gasteiger partial charge in [0.15, 0.2) is 0 Å². The smallest absolute Gasteiger partial charge is 0.251 e. The molecule has 0 atom stereocenters. The standard InChI is InChI=1S/C14H12F2N2O2/c1-8-10(3-2-4-11(8)19)14(20)17-7-9-5-12(15)18-13(16)6-9/h2-6,19H,7H2,1H3,(H,17,20). The first-order chi connectivity index (χ1) is 9.47. The summed E-state index contributed by atoms with van der Waals surface area (Å²) in [6.45, 7) is 1.57. The van der Waals surface area contributed by atoms with Crippen molar-refractivity contribution >= 4 is 5.91 Å². The van der Waals surface area contributed by atoms with E-state index >= 15 is 0 Å². The van der Waals surface area contributed by atoms with Crippen molar-refractivity contribution in [2.75, 3.05) is 0 Å². The third-order valence-corrected chi connectivity index (χ3v) is 2.83. The topological polar surface area (TPSA) is 62.2 Å². The van der Waals surface area contributed by atoms with E-state index < -0.39 is 17.8 Å². The number of carbonyl (C=O) groups is 1. The van der Waals surface area contributed by atoms with Crippen LogP contribution in [0, 0.1) is 18.8 Å². The molecule has 0 unspecified atom stereocenters. The molecule has 0 aliphatic carbocycles. The second-order valence-corrected chi connectivity index (χ2v) is 4.25. The molecule has 104 valence electrons. The second kappa shape index (κ2) is 5.64. The van der Waals surface area contributed by atoms with Gasteiger partial charge in [-0.15, -0.1) is 0 Å². The van der Waals surface area contributed by atoms with Crippen molar-refractivity contribution in [3.63, 3.8) is 0 Å². The normalized spacial score (nSPS) is 10.3. The molecule has 0 fully saturated rings. The van der Waals surface area contributed by atoms with Crippen LogP contribution in [0.25, 0.3) is 0 Å². The Hall–Kier alpha value is -2.50. The molecule has 2 rings (SSSR count). The predicted molar refractivity (Wildman–Crippen MR) is 68.2 cm³/mol. The van der Waals surface area contributed by atoms with Crippen molar-refractivity contribution in [2.45, 2.75) is 13.5 Å². The number of halogens is 2. The van der Waals surface area contributed by atoms with Gasteiger partial charge in [-0.3, -0.25) is 4.79 Å². The fourth-order valence-electron chi connectivity index (χ4n) is 1.76. The predicted octanol–water partition coefficient (Wildman–Crippen LogP) is 2.30. The van der Waals surface area contributed by atoms with Gasteiger partial charge < -0.3 is 10.4 Å². The number of hydrogen-bond acceptors (Lipinski definition) is 3. The largest absolute Gasteiger partial charge is 0.508 e. The number of carbonyl (C=O) groups excluding carboxylic acids is 1. The summed E-state index contributed by atoms with van der Waals surface area (Å²) in [5.74, 6) is -2.31. The molecule has 0 bridgehead atoms. The molecule has 1 amide bonds. The lowest BCUT2D eigenvalue weighted by molar-refractivity contribution is 0.0949. The Kier molecular flexibility index (Phi) is 3.93. The summed E-state index contributed by atoms with van der Waals surface area (Å²) in [6, 6.07) is 6.65. The zero-order valence-corrected chi connectivity index (χ0v) is 10.7. The van der Waals surface area contributed by atoms with Gasteiger partial charge in [0.1, 0.15) is 5.75 Å². The number of phenols is 1. The minimum atomic E-state index is -0.942. The van der Waals surface area contributed by atoms with Gasteiger partial charge in [-0.25, -0.2) is 0 Å².